The number of aliphatic hydroxyl groups is 1. The minimum atomic E-state index is -0.496. The van der Waals surface area contributed by atoms with Crippen molar-refractivity contribution in [3.8, 4) is 0 Å². The van der Waals surface area contributed by atoms with Crippen LogP contribution in [0.1, 0.15) is 22.8 Å². The molecule has 0 bridgehead atoms. The number of carbonyl (C=O) groups excluding carboxylic acids is 1. The molecule has 0 aliphatic rings. The van der Waals surface area contributed by atoms with E-state index >= 15 is 0 Å². The summed E-state index contributed by atoms with van der Waals surface area (Å²) in [7, 11) is 1.55. The van der Waals surface area contributed by atoms with Gasteiger partial charge in [-0.3, -0.25) is 4.79 Å². The summed E-state index contributed by atoms with van der Waals surface area (Å²) in [5.41, 5.74) is 0.485. The highest BCUT2D eigenvalue weighted by molar-refractivity contribution is 5.94. The Hall–Kier alpha value is -1.42. The average Bonchev–Trinajstić information content (AvgIpc) is 2.29. The van der Waals surface area contributed by atoms with E-state index in [1.807, 2.05) is 0 Å². The van der Waals surface area contributed by atoms with Gasteiger partial charge in [0.25, 0.3) is 5.91 Å². The van der Waals surface area contributed by atoms with Gasteiger partial charge in [0.2, 0.25) is 0 Å². The summed E-state index contributed by atoms with van der Waals surface area (Å²) in [5, 5.41) is 8.94. The first-order valence-electron chi connectivity index (χ1n) is 5.12. The molecule has 0 aliphatic carbocycles. The summed E-state index contributed by atoms with van der Waals surface area (Å²) >= 11 is 0. The fourth-order valence-electron chi connectivity index (χ4n) is 1.33. The molecule has 0 heterocycles. The summed E-state index contributed by atoms with van der Waals surface area (Å²) < 4.78 is 13.7. The Bertz CT molecular complexity index is 393. The smallest absolute Gasteiger partial charge is 0.256 e. The van der Waals surface area contributed by atoms with E-state index in [2.05, 4.69) is 0 Å². The largest absolute Gasteiger partial charge is 0.394 e. The van der Waals surface area contributed by atoms with E-state index in [-0.39, 0.29) is 18.2 Å². The molecule has 3 nitrogen and oxygen atoms in total. The van der Waals surface area contributed by atoms with Crippen molar-refractivity contribution in [3.63, 3.8) is 0 Å². The molecule has 0 radical (unpaired) electrons. The Kier molecular flexibility index (Phi) is 4.01. The molecule has 0 saturated carbocycles. The highest BCUT2D eigenvalue weighted by atomic mass is 19.1. The Morgan fingerprint density at radius 1 is 1.56 bits per heavy atom. The first-order valence-corrected chi connectivity index (χ1v) is 5.12. The van der Waals surface area contributed by atoms with Gasteiger partial charge < -0.3 is 10.0 Å². The van der Waals surface area contributed by atoms with Crippen LogP contribution < -0.4 is 0 Å². The van der Waals surface area contributed by atoms with Crippen LogP contribution in [-0.2, 0) is 0 Å². The third-order valence-electron chi connectivity index (χ3n) is 2.67. The van der Waals surface area contributed by atoms with Crippen LogP contribution in [0.15, 0.2) is 18.2 Å². The second-order valence-electron chi connectivity index (χ2n) is 3.88. The van der Waals surface area contributed by atoms with Crippen molar-refractivity contribution in [2.24, 2.45) is 0 Å². The van der Waals surface area contributed by atoms with Gasteiger partial charge in [-0.15, -0.1) is 0 Å². The number of hydrogen-bond donors (Lipinski definition) is 1. The van der Waals surface area contributed by atoms with Crippen LogP contribution in [0.3, 0.4) is 0 Å². The van der Waals surface area contributed by atoms with Gasteiger partial charge in [-0.05, 0) is 25.5 Å². The molecule has 1 amide bonds. The number of likely N-dealkylation sites (N-methyl/N-ethyl adjacent to an activating group) is 1. The number of aliphatic hydroxyl groups excluding tert-OH is 1. The maximum absolute atomic E-state index is 13.7. The van der Waals surface area contributed by atoms with E-state index in [0.29, 0.717) is 5.56 Å². The van der Waals surface area contributed by atoms with E-state index in [1.165, 1.54) is 11.0 Å². The Labute approximate surface area is 94.5 Å². The van der Waals surface area contributed by atoms with Gasteiger partial charge in [0, 0.05) is 7.05 Å². The SMILES string of the molecule is Cc1cccc(C(=O)N(C)C(C)CO)c1F. The highest BCUT2D eigenvalue weighted by Crippen LogP contribution is 2.14. The van der Waals surface area contributed by atoms with Crippen molar-refractivity contribution in [2.45, 2.75) is 19.9 Å². The first kappa shape index (κ1) is 12.6. The minimum absolute atomic E-state index is 0.0443. The monoisotopic (exact) mass is 225 g/mol. The maximum Gasteiger partial charge on any atom is 0.256 e. The zero-order valence-corrected chi connectivity index (χ0v) is 9.70. The summed E-state index contributed by atoms with van der Waals surface area (Å²) in [4.78, 5) is 13.2. The molecule has 0 saturated heterocycles. The summed E-state index contributed by atoms with van der Waals surface area (Å²) in [5.74, 6) is -0.910. The van der Waals surface area contributed by atoms with E-state index in [9.17, 15) is 9.18 Å². The van der Waals surface area contributed by atoms with E-state index in [0.717, 1.165) is 0 Å². The molecule has 1 aromatic rings. The molecule has 0 fully saturated rings. The van der Waals surface area contributed by atoms with Crippen LogP contribution in [0, 0.1) is 12.7 Å². The highest BCUT2D eigenvalue weighted by Gasteiger charge is 2.20. The van der Waals surface area contributed by atoms with Crippen molar-refractivity contribution < 1.29 is 14.3 Å². The van der Waals surface area contributed by atoms with Gasteiger partial charge in [0.15, 0.2) is 0 Å². The van der Waals surface area contributed by atoms with Crippen molar-refractivity contribution in [1.29, 1.82) is 0 Å². The van der Waals surface area contributed by atoms with Gasteiger partial charge in [0.05, 0.1) is 18.2 Å². The molecule has 1 N–H and O–H groups in total. The van der Waals surface area contributed by atoms with Crippen LogP contribution in [0.25, 0.3) is 0 Å². The van der Waals surface area contributed by atoms with Gasteiger partial charge in [-0.25, -0.2) is 4.39 Å². The summed E-state index contributed by atoms with van der Waals surface area (Å²) in [6, 6.07) is 4.38. The van der Waals surface area contributed by atoms with E-state index in [4.69, 9.17) is 5.11 Å². The Morgan fingerprint density at radius 2 is 2.19 bits per heavy atom. The van der Waals surface area contributed by atoms with Crippen LogP contribution >= 0.6 is 0 Å². The van der Waals surface area contributed by atoms with Crippen LogP contribution in [-0.4, -0.2) is 35.6 Å². The lowest BCUT2D eigenvalue weighted by atomic mass is 10.1. The normalized spacial score (nSPS) is 12.3. The van der Waals surface area contributed by atoms with Crippen LogP contribution in [0.4, 0.5) is 4.39 Å². The number of carbonyl (C=O) groups is 1. The first-order chi connectivity index (χ1) is 7.49. The fourth-order valence-corrected chi connectivity index (χ4v) is 1.33. The number of halogens is 1. The molecular formula is C12H16FNO2. The third kappa shape index (κ3) is 2.39. The van der Waals surface area contributed by atoms with Gasteiger partial charge in [-0.2, -0.15) is 0 Å². The standard InChI is InChI=1S/C12H16FNO2/c1-8-5-4-6-10(11(8)13)12(16)14(3)9(2)7-15/h4-6,9,15H,7H2,1-3H3. The maximum atomic E-state index is 13.7. The molecule has 1 rings (SSSR count). The lowest BCUT2D eigenvalue weighted by Crippen LogP contribution is -2.37. The number of hydrogen-bond acceptors (Lipinski definition) is 2. The Morgan fingerprint density at radius 3 is 2.75 bits per heavy atom. The predicted molar refractivity (Wildman–Crippen MR) is 59.8 cm³/mol. The molecule has 16 heavy (non-hydrogen) atoms. The van der Waals surface area contributed by atoms with E-state index < -0.39 is 11.7 Å². The zero-order chi connectivity index (χ0) is 12.3. The molecule has 88 valence electrons. The lowest BCUT2D eigenvalue weighted by Gasteiger charge is -2.23. The van der Waals surface area contributed by atoms with Gasteiger partial charge >= 0.3 is 0 Å². The fraction of sp³-hybridized carbons (Fsp3) is 0.417. The van der Waals surface area contributed by atoms with E-state index in [1.54, 1.807) is 33.0 Å². The van der Waals surface area contributed by atoms with Crippen molar-refractivity contribution >= 4 is 5.91 Å². The van der Waals surface area contributed by atoms with Crippen molar-refractivity contribution in [1.82, 2.24) is 4.90 Å². The lowest BCUT2D eigenvalue weighted by molar-refractivity contribution is 0.0677. The molecule has 0 aliphatic heterocycles. The van der Waals surface area contributed by atoms with Gasteiger partial charge in [-0.1, -0.05) is 12.1 Å². The molecule has 1 unspecified atom stereocenters. The summed E-state index contributed by atoms with van der Waals surface area (Å²) in [6.45, 7) is 3.17. The number of benzene rings is 1. The second kappa shape index (κ2) is 5.07. The predicted octanol–water partition coefficient (Wildman–Crippen LogP) is 1.59. The number of rotatable bonds is 3. The summed E-state index contributed by atoms with van der Waals surface area (Å²) in [6.07, 6.45) is 0. The minimum Gasteiger partial charge on any atom is -0.394 e. The zero-order valence-electron chi connectivity index (χ0n) is 9.70. The topological polar surface area (TPSA) is 40.5 Å². The van der Waals surface area contributed by atoms with Crippen LogP contribution in [0.5, 0.6) is 0 Å². The second-order valence-corrected chi connectivity index (χ2v) is 3.88. The molecule has 1 aromatic carbocycles. The van der Waals surface area contributed by atoms with Crippen molar-refractivity contribution in [3.05, 3.63) is 35.1 Å². The van der Waals surface area contributed by atoms with Gasteiger partial charge in [0.1, 0.15) is 5.82 Å². The molecular weight excluding hydrogens is 209 g/mol. The third-order valence-corrected chi connectivity index (χ3v) is 2.67. The quantitative estimate of drug-likeness (QED) is 0.848. The molecule has 0 spiro atoms. The van der Waals surface area contributed by atoms with Crippen LogP contribution in [0.2, 0.25) is 0 Å². The number of nitrogens with zero attached hydrogens (tertiary/aromatic N) is 1. The average molecular weight is 225 g/mol. The molecule has 0 aromatic heterocycles. The van der Waals surface area contributed by atoms with Crippen molar-refractivity contribution in [2.75, 3.05) is 13.7 Å². The Balaban J connectivity index is 3.01. The number of amides is 1. The molecule has 1 atom stereocenters. The number of aryl methyl sites for hydroxylation is 1. The molecule has 4 heteroatoms.